The van der Waals surface area contributed by atoms with Gasteiger partial charge in [-0.25, -0.2) is 4.39 Å². The maximum Gasteiger partial charge on any atom is 0.228 e. The Labute approximate surface area is 118 Å². The van der Waals surface area contributed by atoms with E-state index in [-0.39, 0.29) is 17.8 Å². The van der Waals surface area contributed by atoms with Crippen LogP contribution >= 0.6 is 0 Å². The molecule has 0 aromatic heterocycles. The molecule has 4 nitrogen and oxygen atoms in total. The van der Waals surface area contributed by atoms with Crippen LogP contribution in [0.1, 0.15) is 31.4 Å². The van der Waals surface area contributed by atoms with Crippen LogP contribution in [0.15, 0.2) is 24.3 Å². The summed E-state index contributed by atoms with van der Waals surface area (Å²) in [6.45, 7) is 3.26. The lowest BCUT2D eigenvalue weighted by Crippen LogP contribution is -2.49. The molecule has 1 aromatic rings. The van der Waals surface area contributed by atoms with Gasteiger partial charge in [-0.3, -0.25) is 4.79 Å². The van der Waals surface area contributed by atoms with Crippen molar-refractivity contribution in [1.29, 1.82) is 0 Å². The summed E-state index contributed by atoms with van der Waals surface area (Å²) in [5.74, 6) is -0.372. The molecule has 1 atom stereocenters. The van der Waals surface area contributed by atoms with E-state index in [1.165, 1.54) is 12.1 Å². The number of ether oxygens (including phenoxy) is 1. The third kappa shape index (κ3) is 3.16. The molecule has 1 aliphatic heterocycles. The fourth-order valence-corrected chi connectivity index (χ4v) is 2.50. The lowest BCUT2D eigenvalue weighted by atomic mass is 9.79. The van der Waals surface area contributed by atoms with Crippen molar-refractivity contribution in [2.24, 2.45) is 11.1 Å². The van der Waals surface area contributed by atoms with E-state index in [0.29, 0.717) is 32.6 Å². The molecule has 1 aliphatic rings. The van der Waals surface area contributed by atoms with Crippen molar-refractivity contribution in [3.63, 3.8) is 0 Å². The van der Waals surface area contributed by atoms with Gasteiger partial charge in [-0.1, -0.05) is 12.1 Å². The second kappa shape index (κ2) is 6.33. The molecule has 5 heteroatoms. The quantitative estimate of drug-likeness (QED) is 0.883. The first kappa shape index (κ1) is 14.9. The average Bonchev–Trinajstić information content (AvgIpc) is 2.47. The van der Waals surface area contributed by atoms with E-state index in [0.717, 1.165) is 5.56 Å². The number of halogens is 1. The van der Waals surface area contributed by atoms with E-state index in [1.807, 2.05) is 6.92 Å². The molecule has 1 saturated heterocycles. The van der Waals surface area contributed by atoms with Crippen LogP contribution in [0, 0.1) is 11.2 Å². The molecule has 1 fully saturated rings. The fourth-order valence-electron chi connectivity index (χ4n) is 2.50. The molecule has 1 aromatic carbocycles. The summed E-state index contributed by atoms with van der Waals surface area (Å²) < 4.78 is 18.5. The van der Waals surface area contributed by atoms with Crippen LogP contribution in [-0.4, -0.2) is 25.7 Å². The zero-order valence-corrected chi connectivity index (χ0v) is 11.7. The predicted octanol–water partition coefficient (Wildman–Crippen LogP) is 1.76. The second-order valence-corrected chi connectivity index (χ2v) is 5.35. The highest BCUT2D eigenvalue weighted by Gasteiger charge is 2.39. The van der Waals surface area contributed by atoms with Gasteiger partial charge in [0.2, 0.25) is 5.91 Å². The van der Waals surface area contributed by atoms with Gasteiger partial charge in [-0.2, -0.15) is 0 Å². The summed E-state index contributed by atoms with van der Waals surface area (Å²) in [7, 11) is 0. The van der Waals surface area contributed by atoms with Crippen molar-refractivity contribution in [3.8, 4) is 0 Å². The van der Waals surface area contributed by atoms with Gasteiger partial charge in [-0.05, 0) is 37.5 Å². The maximum atomic E-state index is 13.2. The molecule has 0 radical (unpaired) electrons. The Hall–Kier alpha value is -1.46. The summed E-state index contributed by atoms with van der Waals surface area (Å²) in [6.07, 6.45) is 1.26. The van der Waals surface area contributed by atoms with Gasteiger partial charge in [0, 0.05) is 19.8 Å². The molecule has 1 heterocycles. The van der Waals surface area contributed by atoms with Crippen LogP contribution in [-0.2, 0) is 9.53 Å². The molecule has 0 aliphatic carbocycles. The lowest BCUT2D eigenvalue weighted by Gasteiger charge is -2.35. The van der Waals surface area contributed by atoms with Gasteiger partial charge < -0.3 is 15.8 Å². The van der Waals surface area contributed by atoms with Gasteiger partial charge in [0.25, 0.3) is 0 Å². The Bertz CT molecular complexity index is 473. The minimum Gasteiger partial charge on any atom is -0.381 e. The minimum absolute atomic E-state index is 0.0694. The molecule has 110 valence electrons. The number of benzene rings is 1. The topological polar surface area (TPSA) is 64.4 Å². The first-order valence-electron chi connectivity index (χ1n) is 6.92. The van der Waals surface area contributed by atoms with Crippen LogP contribution in [0.2, 0.25) is 0 Å². The first-order chi connectivity index (χ1) is 9.57. The summed E-state index contributed by atoms with van der Waals surface area (Å²) in [6, 6.07) is 6.01. The Balaban J connectivity index is 2.06. The number of rotatable bonds is 4. The zero-order valence-electron chi connectivity index (χ0n) is 11.7. The van der Waals surface area contributed by atoms with Gasteiger partial charge in [0.1, 0.15) is 5.82 Å². The van der Waals surface area contributed by atoms with Crippen LogP contribution in [0.4, 0.5) is 4.39 Å². The van der Waals surface area contributed by atoms with E-state index in [1.54, 1.807) is 12.1 Å². The summed E-state index contributed by atoms with van der Waals surface area (Å²) in [4.78, 5) is 12.5. The van der Waals surface area contributed by atoms with E-state index < -0.39 is 5.41 Å². The minimum atomic E-state index is -0.556. The maximum absolute atomic E-state index is 13.2. The molecule has 0 spiro atoms. The summed E-state index contributed by atoms with van der Waals surface area (Å²) >= 11 is 0. The Kier molecular flexibility index (Phi) is 4.73. The highest BCUT2D eigenvalue weighted by Crippen LogP contribution is 2.30. The Morgan fingerprint density at radius 1 is 1.50 bits per heavy atom. The fraction of sp³-hybridized carbons (Fsp3) is 0.533. The number of hydrogen-bond acceptors (Lipinski definition) is 3. The van der Waals surface area contributed by atoms with Crippen molar-refractivity contribution in [2.75, 3.05) is 19.8 Å². The van der Waals surface area contributed by atoms with Crippen molar-refractivity contribution < 1.29 is 13.9 Å². The van der Waals surface area contributed by atoms with Crippen LogP contribution in [0.25, 0.3) is 0 Å². The molecular weight excluding hydrogens is 259 g/mol. The number of amides is 1. The van der Waals surface area contributed by atoms with Crippen molar-refractivity contribution in [2.45, 2.75) is 25.8 Å². The van der Waals surface area contributed by atoms with Crippen molar-refractivity contribution >= 4 is 5.91 Å². The molecule has 0 saturated carbocycles. The Morgan fingerprint density at radius 2 is 2.20 bits per heavy atom. The standard InChI is InChI=1S/C15H21FN2O2/c1-11(12-3-2-4-13(16)9-12)18-14(19)15(10-17)5-7-20-8-6-15/h2-4,9,11H,5-8,10,17H2,1H3,(H,18,19). The van der Waals surface area contributed by atoms with Gasteiger partial charge in [0.15, 0.2) is 0 Å². The van der Waals surface area contributed by atoms with E-state index >= 15 is 0 Å². The van der Waals surface area contributed by atoms with Crippen LogP contribution in [0.3, 0.4) is 0 Å². The van der Waals surface area contributed by atoms with Crippen LogP contribution < -0.4 is 11.1 Å². The third-order valence-corrected chi connectivity index (χ3v) is 4.02. The largest absolute Gasteiger partial charge is 0.381 e. The number of nitrogens with two attached hydrogens (primary N) is 1. The number of carbonyl (C=O) groups is 1. The molecule has 1 amide bonds. The molecular formula is C15H21FN2O2. The van der Waals surface area contributed by atoms with Crippen molar-refractivity contribution in [1.82, 2.24) is 5.32 Å². The lowest BCUT2D eigenvalue weighted by molar-refractivity contribution is -0.136. The smallest absolute Gasteiger partial charge is 0.228 e. The average molecular weight is 280 g/mol. The normalized spacial score (nSPS) is 19.4. The third-order valence-electron chi connectivity index (χ3n) is 4.02. The molecule has 0 bridgehead atoms. The SMILES string of the molecule is CC(NC(=O)C1(CN)CCOCC1)c1cccc(F)c1. The van der Waals surface area contributed by atoms with Crippen LogP contribution in [0.5, 0.6) is 0 Å². The molecule has 3 N–H and O–H groups in total. The highest BCUT2D eigenvalue weighted by atomic mass is 19.1. The van der Waals surface area contributed by atoms with Gasteiger partial charge in [-0.15, -0.1) is 0 Å². The number of nitrogens with one attached hydrogen (secondary N) is 1. The van der Waals surface area contributed by atoms with Gasteiger partial charge >= 0.3 is 0 Å². The predicted molar refractivity (Wildman–Crippen MR) is 74.5 cm³/mol. The summed E-state index contributed by atoms with van der Waals surface area (Å²) in [5, 5.41) is 2.94. The monoisotopic (exact) mass is 280 g/mol. The van der Waals surface area contributed by atoms with E-state index in [2.05, 4.69) is 5.32 Å². The van der Waals surface area contributed by atoms with Gasteiger partial charge in [0.05, 0.1) is 11.5 Å². The summed E-state index contributed by atoms with van der Waals surface area (Å²) in [5.41, 5.74) is 5.99. The van der Waals surface area contributed by atoms with E-state index in [9.17, 15) is 9.18 Å². The van der Waals surface area contributed by atoms with E-state index in [4.69, 9.17) is 10.5 Å². The number of hydrogen-bond donors (Lipinski definition) is 2. The molecule has 20 heavy (non-hydrogen) atoms. The first-order valence-corrected chi connectivity index (χ1v) is 6.92. The number of carbonyl (C=O) groups excluding carboxylic acids is 1. The van der Waals surface area contributed by atoms with Crippen molar-refractivity contribution in [3.05, 3.63) is 35.6 Å². The zero-order chi connectivity index (χ0) is 14.6. The Morgan fingerprint density at radius 3 is 2.80 bits per heavy atom. The molecule has 2 rings (SSSR count). The molecule has 1 unspecified atom stereocenters. The highest BCUT2D eigenvalue weighted by molar-refractivity contribution is 5.83. The second-order valence-electron chi connectivity index (χ2n) is 5.35.